The molecular formula is C27H23FN2O6S. The first-order chi connectivity index (χ1) is 17.7. The predicted octanol–water partition coefficient (Wildman–Crippen LogP) is 4.88. The van der Waals surface area contributed by atoms with Gasteiger partial charge in [-0.1, -0.05) is 42.2 Å². The lowest BCUT2D eigenvalue weighted by Gasteiger charge is -2.23. The van der Waals surface area contributed by atoms with Crippen LogP contribution in [-0.4, -0.2) is 41.5 Å². The maximum atomic E-state index is 15.1. The van der Waals surface area contributed by atoms with Gasteiger partial charge in [-0.3, -0.25) is 14.5 Å². The van der Waals surface area contributed by atoms with E-state index < -0.39 is 35.3 Å². The summed E-state index contributed by atoms with van der Waals surface area (Å²) in [4.78, 5) is 44.2. The summed E-state index contributed by atoms with van der Waals surface area (Å²) in [5.41, 5.74) is 0.809. The number of aliphatic hydroxyl groups excluding tert-OH is 1. The van der Waals surface area contributed by atoms with Gasteiger partial charge in [0.05, 0.1) is 18.4 Å². The maximum absolute atomic E-state index is 15.1. The van der Waals surface area contributed by atoms with E-state index in [2.05, 4.69) is 11.6 Å². The molecule has 0 aliphatic carbocycles. The number of nitrogens with zero attached hydrogens (tertiary/aromatic N) is 2. The first-order valence-electron chi connectivity index (χ1n) is 11.2. The van der Waals surface area contributed by atoms with Gasteiger partial charge in [0.25, 0.3) is 5.78 Å². The standard InChI is InChI=1S/C27H23FN2O6S/c1-5-12-36-16-10-11-17(14(2)13-16)22(31)20-21(18-8-6-7-9-19(18)28)30(25(33)23(20)32)27-29-15(3)24(37-27)26(34)35-4/h5-11,13,21,31H,1,12H2,2-4H3/b22-20+. The van der Waals surface area contributed by atoms with Crippen LogP contribution in [0.15, 0.2) is 60.7 Å². The Morgan fingerprint density at radius 2 is 1.97 bits per heavy atom. The molecule has 1 aliphatic heterocycles. The Hall–Kier alpha value is -4.31. The number of amides is 1. The van der Waals surface area contributed by atoms with E-state index in [1.54, 1.807) is 44.2 Å². The van der Waals surface area contributed by atoms with Crippen molar-refractivity contribution in [2.75, 3.05) is 18.6 Å². The van der Waals surface area contributed by atoms with Crippen molar-refractivity contribution in [3.8, 4) is 5.75 Å². The zero-order valence-electron chi connectivity index (χ0n) is 20.3. The van der Waals surface area contributed by atoms with E-state index in [-0.39, 0.29) is 39.0 Å². The number of halogens is 1. The molecule has 1 amide bonds. The minimum absolute atomic E-state index is 0.00259. The highest BCUT2D eigenvalue weighted by molar-refractivity contribution is 7.17. The fraction of sp³-hybridized carbons (Fsp3) is 0.185. The van der Waals surface area contributed by atoms with Crippen molar-refractivity contribution in [1.82, 2.24) is 4.98 Å². The lowest BCUT2D eigenvalue weighted by atomic mass is 9.93. The van der Waals surface area contributed by atoms with Crippen molar-refractivity contribution in [2.24, 2.45) is 0 Å². The second-order valence-corrected chi connectivity index (χ2v) is 9.15. The highest BCUT2D eigenvalue weighted by Crippen LogP contribution is 2.45. The van der Waals surface area contributed by atoms with Crippen LogP contribution in [0.4, 0.5) is 9.52 Å². The van der Waals surface area contributed by atoms with Crippen LogP contribution in [-0.2, 0) is 14.3 Å². The van der Waals surface area contributed by atoms with Crippen LogP contribution in [0.5, 0.6) is 5.75 Å². The molecule has 1 fully saturated rings. The fourth-order valence-corrected chi connectivity index (χ4v) is 5.09. The average molecular weight is 523 g/mol. The van der Waals surface area contributed by atoms with E-state index in [1.165, 1.54) is 25.3 Å². The third-order valence-corrected chi connectivity index (χ3v) is 6.96. The number of methoxy groups -OCH3 is 1. The van der Waals surface area contributed by atoms with E-state index in [1.807, 2.05) is 0 Å². The van der Waals surface area contributed by atoms with Crippen LogP contribution in [0.1, 0.15) is 38.1 Å². The molecule has 4 rings (SSSR count). The van der Waals surface area contributed by atoms with E-state index in [0.717, 1.165) is 16.2 Å². The number of carbonyl (C=O) groups excluding carboxylic acids is 3. The summed E-state index contributed by atoms with van der Waals surface area (Å²) in [5.74, 6) is -3.31. The van der Waals surface area contributed by atoms with Crippen molar-refractivity contribution in [3.05, 3.63) is 93.8 Å². The molecule has 37 heavy (non-hydrogen) atoms. The number of aromatic nitrogens is 1. The van der Waals surface area contributed by atoms with Gasteiger partial charge in [0.1, 0.15) is 34.9 Å². The van der Waals surface area contributed by atoms with Gasteiger partial charge in [-0.15, -0.1) is 0 Å². The molecule has 0 bridgehead atoms. The number of thiazole rings is 1. The molecular weight excluding hydrogens is 499 g/mol. The zero-order valence-corrected chi connectivity index (χ0v) is 21.1. The lowest BCUT2D eigenvalue weighted by Crippen LogP contribution is -2.29. The van der Waals surface area contributed by atoms with Gasteiger partial charge in [0.15, 0.2) is 5.13 Å². The lowest BCUT2D eigenvalue weighted by molar-refractivity contribution is -0.132. The first kappa shape index (κ1) is 25.8. The number of benzene rings is 2. The third-order valence-electron chi connectivity index (χ3n) is 5.83. The van der Waals surface area contributed by atoms with Gasteiger partial charge in [0.2, 0.25) is 0 Å². The largest absolute Gasteiger partial charge is 0.507 e. The number of aryl methyl sites for hydroxylation is 2. The average Bonchev–Trinajstić information content (AvgIpc) is 3.38. The Morgan fingerprint density at radius 1 is 1.24 bits per heavy atom. The Morgan fingerprint density at radius 3 is 2.62 bits per heavy atom. The molecule has 190 valence electrons. The highest BCUT2D eigenvalue weighted by Gasteiger charge is 2.49. The molecule has 0 radical (unpaired) electrons. The van der Waals surface area contributed by atoms with Gasteiger partial charge < -0.3 is 14.6 Å². The van der Waals surface area contributed by atoms with Crippen LogP contribution in [0.25, 0.3) is 5.76 Å². The summed E-state index contributed by atoms with van der Waals surface area (Å²) in [7, 11) is 1.21. The summed E-state index contributed by atoms with van der Waals surface area (Å²) < 4.78 is 25.4. The third kappa shape index (κ3) is 4.63. The first-order valence-corrected chi connectivity index (χ1v) is 12.0. The molecule has 0 saturated carbocycles. The van der Waals surface area contributed by atoms with Gasteiger partial charge in [0, 0.05) is 11.1 Å². The fourth-order valence-electron chi connectivity index (χ4n) is 4.08. The van der Waals surface area contributed by atoms with Gasteiger partial charge >= 0.3 is 11.9 Å². The summed E-state index contributed by atoms with van der Waals surface area (Å²) >= 11 is 0.838. The number of ketones is 1. The molecule has 0 spiro atoms. The number of hydrogen-bond acceptors (Lipinski definition) is 8. The molecule has 2 aromatic carbocycles. The minimum atomic E-state index is -1.33. The summed E-state index contributed by atoms with van der Waals surface area (Å²) in [6, 6.07) is 9.15. The number of anilines is 1. The van der Waals surface area contributed by atoms with Crippen LogP contribution < -0.4 is 9.64 Å². The van der Waals surface area contributed by atoms with Crippen molar-refractivity contribution < 1.29 is 33.4 Å². The molecule has 1 aromatic heterocycles. The van der Waals surface area contributed by atoms with Crippen molar-refractivity contribution in [1.29, 1.82) is 0 Å². The Labute approximate surface area is 216 Å². The number of ether oxygens (including phenoxy) is 2. The van der Waals surface area contributed by atoms with Crippen molar-refractivity contribution in [3.63, 3.8) is 0 Å². The van der Waals surface area contributed by atoms with Gasteiger partial charge in [-0.05, 0) is 43.7 Å². The minimum Gasteiger partial charge on any atom is -0.507 e. The molecule has 1 unspecified atom stereocenters. The van der Waals surface area contributed by atoms with Crippen LogP contribution in [0.3, 0.4) is 0 Å². The molecule has 1 aliphatic rings. The second-order valence-electron chi connectivity index (χ2n) is 8.17. The number of Topliss-reactive ketones (excluding diaryl/α,β-unsaturated/α-hetero) is 1. The second kappa shape index (κ2) is 10.4. The van der Waals surface area contributed by atoms with Crippen molar-refractivity contribution >= 4 is 39.9 Å². The van der Waals surface area contributed by atoms with Crippen LogP contribution in [0, 0.1) is 19.7 Å². The van der Waals surface area contributed by atoms with E-state index in [9.17, 15) is 19.5 Å². The number of carbonyl (C=O) groups is 3. The molecule has 1 atom stereocenters. The SMILES string of the molecule is C=CCOc1ccc(/C(O)=C2\C(=O)C(=O)N(c3nc(C)c(C(=O)OC)s3)C2c2ccccc2F)c(C)c1. The molecule has 2 heterocycles. The van der Waals surface area contributed by atoms with Gasteiger partial charge in [-0.25, -0.2) is 14.2 Å². The van der Waals surface area contributed by atoms with E-state index in [0.29, 0.717) is 11.3 Å². The van der Waals surface area contributed by atoms with Gasteiger partial charge in [-0.2, -0.15) is 0 Å². The topological polar surface area (TPSA) is 106 Å². The van der Waals surface area contributed by atoms with E-state index >= 15 is 4.39 Å². The summed E-state index contributed by atoms with van der Waals surface area (Å²) in [6.07, 6.45) is 1.59. The normalized spacial score (nSPS) is 16.6. The summed E-state index contributed by atoms with van der Waals surface area (Å²) in [6.45, 7) is 7.15. The number of esters is 1. The molecule has 1 saturated heterocycles. The zero-order chi connectivity index (χ0) is 26.9. The molecule has 8 nitrogen and oxygen atoms in total. The number of rotatable bonds is 7. The summed E-state index contributed by atoms with van der Waals surface area (Å²) in [5, 5.41) is 11.3. The Balaban J connectivity index is 1.92. The molecule has 10 heteroatoms. The molecule has 1 N–H and O–H groups in total. The quantitative estimate of drug-likeness (QED) is 0.155. The smallest absolute Gasteiger partial charge is 0.350 e. The van der Waals surface area contributed by atoms with Crippen LogP contribution in [0.2, 0.25) is 0 Å². The maximum Gasteiger partial charge on any atom is 0.350 e. The predicted molar refractivity (Wildman–Crippen MR) is 136 cm³/mol. The highest BCUT2D eigenvalue weighted by atomic mass is 32.1. The Kier molecular flexibility index (Phi) is 7.21. The van der Waals surface area contributed by atoms with E-state index in [4.69, 9.17) is 9.47 Å². The van der Waals surface area contributed by atoms with Crippen molar-refractivity contribution in [2.45, 2.75) is 19.9 Å². The number of aliphatic hydroxyl groups is 1. The number of hydrogen-bond donors (Lipinski definition) is 1. The molecule has 3 aromatic rings. The monoisotopic (exact) mass is 522 g/mol. The van der Waals surface area contributed by atoms with Crippen LogP contribution >= 0.6 is 11.3 Å². The Bertz CT molecular complexity index is 1460.